The predicted octanol–water partition coefficient (Wildman–Crippen LogP) is 1.54. The zero-order chi connectivity index (χ0) is 13.4. The number of anilines is 1. The van der Waals surface area contributed by atoms with Gasteiger partial charge in [0.2, 0.25) is 5.95 Å². The number of alkyl halides is 1. The van der Waals surface area contributed by atoms with Crippen molar-refractivity contribution in [3.8, 4) is 0 Å². The molecule has 6 heteroatoms. The third kappa shape index (κ3) is 2.75. The SMILES string of the molecule is CC1(C)C[C@H](Nc2nccnn2)[C@H](F)C(C)(C)N1. The molecule has 1 aliphatic heterocycles. The van der Waals surface area contributed by atoms with Gasteiger partial charge in [-0.25, -0.2) is 9.37 Å². The fourth-order valence-corrected chi connectivity index (χ4v) is 2.75. The molecule has 1 fully saturated rings. The molecule has 5 nitrogen and oxygen atoms in total. The summed E-state index contributed by atoms with van der Waals surface area (Å²) in [7, 11) is 0. The maximum Gasteiger partial charge on any atom is 0.242 e. The van der Waals surface area contributed by atoms with Crippen molar-refractivity contribution in [3.63, 3.8) is 0 Å². The fraction of sp³-hybridized carbons (Fsp3) is 0.750. The zero-order valence-electron chi connectivity index (χ0n) is 11.2. The van der Waals surface area contributed by atoms with Crippen molar-refractivity contribution in [3.05, 3.63) is 12.4 Å². The van der Waals surface area contributed by atoms with E-state index in [9.17, 15) is 4.39 Å². The highest BCUT2D eigenvalue weighted by molar-refractivity contribution is 5.26. The van der Waals surface area contributed by atoms with E-state index < -0.39 is 11.7 Å². The molecule has 1 saturated heterocycles. The van der Waals surface area contributed by atoms with E-state index in [0.29, 0.717) is 12.4 Å². The lowest BCUT2D eigenvalue weighted by molar-refractivity contribution is 0.0654. The van der Waals surface area contributed by atoms with Gasteiger partial charge in [-0.2, -0.15) is 5.10 Å². The molecule has 2 N–H and O–H groups in total. The highest BCUT2D eigenvalue weighted by atomic mass is 19.1. The Bertz CT molecular complexity index is 406. The maximum atomic E-state index is 14.5. The average molecular weight is 253 g/mol. The van der Waals surface area contributed by atoms with Gasteiger partial charge < -0.3 is 10.6 Å². The van der Waals surface area contributed by atoms with Crippen LogP contribution in [0.25, 0.3) is 0 Å². The van der Waals surface area contributed by atoms with Crippen LogP contribution in [-0.4, -0.2) is 38.5 Å². The summed E-state index contributed by atoms with van der Waals surface area (Å²) in [5.74, 6) is 0.374. The van der Waals surface area contributed by atoms with Crippen LogP contribution < -0.4 is 10.6 Å². The molecule has 2 atom stereocenters. The largest absolute Gasteiger partial charge is 0.347 e. The molecule has 0 unspecified atom stereocenters. The third-order valence-corrected chi connectivity index (χ3v) is 3.23. The van der Waals surface area contributed by atoms with E-state index in [4.69, 9.17) is 0 Å². The molecule has 1 aromatic heterocycles. The smallest absolute Gasteiger partial charge is 0.242 e. The van der Waals surface area contributed by atoms with E-state index in [1.54, 1.807) is 6.20 Å². The number of hydrogen-bond donors (Lipinski definition) is 2. The highest BCUT2D eigenvalue weighted by Crippen LogP contribution is 2.32. The van der Waals surface area contributed by atoms with E-state index in [-0.39, 0.29) is 11.6 Å². The first-order valence-electron chi connectivity index (χ1n) is 6.14. The molecule has 0 aliphatic carbocycles. The summed E-state index contributed by atoms with van der Waals surface area (Å²) in [4.78, 5) is 4.03. The van der Waals surface area contributed by atoms with Gasteiger partial charge in [0.05, 0.1) is 18.4 Å². The second-order valence-electron chi connectivity index (χ2n) is 6.05. The molecule has 18 heavy (non-hydrogen) atoms. The number of aromatic nitrogens is 3. The number of nitrogens with zero attached hydrogens (tertiary/aromatic N) is 3. The van der Waals surface area contributed by atoms with E-state index in [2.05, 4.69) is 39.7 Å². The van der Waals surface area contributed by atoms with E-state index in [0.717, 1.165) is 0 Å². The maximum absolute atomic E-state index is 14.5. The van der Waals surface area contributed by atoms with Gasteiger partial charge in [0.1, 0.15) is 6.17 Å². The summed E-state index contributed by atoms with van der Waals surface area (Å²) in [6.45, 7) is 7.88. The number of halogens is 1. The summed E-state index contributed by atoms with van der Waals surface area (Å²) in [6.07, 6.45) is 2.68. The summed E-state index contributed by atoms with van der Waals surface area (Å²) in [6, 6.07) is -0.319. The lowest BCUT2D eigenvalue weighted by atomic mass is 9.78. The van der Waals surface area contributed by atoms with Gasteiger partial charge in [-0.1, -0.05) is 0 Å². The molecule has 0 spiro atoms. The van der Waals surface area contributed by atoms with Crippen molar-refractivity contribution in [1.82, 2.24) is 20.5 Å². The summed E-state index contributed by atoms with van der Waals surface area (Å²) in [5.41, 5.74) is -0.715. The first-order chi connectivity index (χ1) is 8.30. The molecular weight excluding hydrogens is 233 g/mol. The van der Waals surface area contributed by atoms with Crippen LogP contribution in [0.15, 0.2) is 12.4 Å². The summed E-state index contributed by atoms with van der Waals surface area (Å²) in [5, 5.41) is 13.9. The fourth-order valence-electron chi connectivity index (χ4n) is 2.75. The van der Waals surface area contributed by atoms with Crippen LogP contribution in [0.5, 0.6) is 0 Å². The Morgan fingerprint density at radius 2 is 2.06 bits per heavy atom. The topological polar surface area (TPSA) is 62.7 Å². The van der Waals surface area contributed by atoms with Gasteiger partial charge in [0.15, 0.2) is 0 Å². The van der Waals surface area contributed by atoms with Crippen LogP contribution in [0.4, 0.5) is 10.3 Å². The molecular formula is C12H20FN5. The van der Waals surface area contributed by atoms with E-state index >= 15 is 0 Å². The zero-order valence-corrected chi connectivity index (χ0v) is 11.2. The second-order valence-corrected chi connectivity index (χ2v) is 6.05. The van der Waals surface area contributed by atoms with Gasteiger partial charge in [0.25, 0.3) is 0 Å². The van der Waals surface area contributed by atoms with Crippen LogP contribution in [-0.2, 0) is 0 Å². The molecule has 2 heterocycles. The van der Waals surface area contributed by atoms with E-state index in [1.807, 2.05) is 13.8 Å². The van der Waals surface area contributed by atoms with E-state index in [1.165, 1.54) is 6.20 Å². The standard InChI is InChI=1S/C12H20FN5/c1-11(2)7-8(9(13)12(3,4)18-11)16-10-14-5-6-15-17-10/h5-6,8-9,18H,7H2,1-4H3,(H,14,16,17)/t8-,9-/m0/s1. The molecule has 1 aromatic rings. The Kier molecular flexibility index (Phi) is 3.23. The minimum atomic E-state index is -1.02. The Morgan fingerprint density at radius 1 is 1.33 bits per heavy atom. The van der Waals surface area contributed by atoms with Gasteiger partial charge in [0, 0.05) is 11.1 Å². The van der Waals surface area contributed by atoms with Gasteiger partial charge in [-0.3, -0.25) is 0 Å². The van der Waals surface area contributed by atoms with Crippen LogP contribution in [0.1, 0.15) is 34.1 Å². The Morgan fingerprint density at radius 3 is 2.67 bits per heavy atom. The Hall–Kier alpha value is -1.30. The normalized spacial score (nSPS) is 29.8. The van der Waals surface area contributed by atoms with Crippen molar-refractivity contribution in [2.45, 2.75) is 57.4 Å². The molecule has 0 aromatic carbocycles. The minimum Gasteiger partial charge on any atom is -0.347 e. The van der Waals surface area contributed by atoms with Gasteiger partial charge in [-0.05, 0) is 34.1 Å². The third-order valence-electron chi connectivity index (χ3n) is 3.23. The highest BCUT2D eigenvalue weighted by Gasteiger charge is 2.46. The van der Waals surface area contributed by atoms with Crippen LogP contribution >= 0.6 is 0 Å². The van der Waals surface area contributed by atoms with Gasteiger partial charge in [-0.15, -0.1) is 5.10 Å². The Labute approximate surface area is 107 Å². The minimum absolute atomic E-state index is 0.133. The van der Waals surface area contributed by atoms with Crippen LogP contribution in [0.2, 0.25) is 0 Å². The van der Waals surface area contributed by atoms with Crippen molar-refractivity contribution >= 4 is 5.95 Å². The number of hydrogen-bond acceptors (Lipinski definition) is 5. The van der Waals surface area contributed by atoms with Crippen molar-refractivity contribution < 1.29 is 4.39 Å². The first-order valence-corrected chi connectivity index (χ1v) is 6.14. The van der Waals surface area contributed by atoms with Crippen molar-refractivity contribution in [2.24, 2.45) is 0 Å². The van der Waals surface area contributed by atoms with Gasteiger partial charge >= 0.3 is 0 Å². The average Bonchev–Trinajstić information content (AvgIpc) is 2.25. The first kappa shape index (κ1) is 13.1. The molecule has 100 valence electrons. The van der Waals surface area contributed by atoms with Crippen molar-refractivity contribution in [2.75, 3.05) is 5.32 Å². The quantitative estimate of drug-likeness (QED) is 0.837. The number of rotatable bonds is 2. The molecule has 2 rings (SSSR count). The molecule has 0 bridgehead atoms. The molecule has 0 amide bonds. The number of piperidine rings is 1. The predicted molar refractivity (Wildman–Crippen MR) is 68.0 cm³/mol. The monoisotopic (exact) mass is 253 g/mol. The lowest BCUT2D eigenvalue weighted by Crippen LogP contribution is -2.67. The number of nitrogens with one attached hydrogen (secondary N) is 2. The lowest BCUT2D eigenvalue weighted by Gasteiger charge is -2.48. The summed E-state index contributed by atoms with van der Waals surface area (Å²) >= 11 is 0. The van der Waals surface area contributed by atoms with Crippen LogP contribution in [0.3, 0.4) is 0 Å². The van der Waals surface area contributed by atoms with Crippen molar-refractivity contribution in [1.29, 1.82) is 0 Å². The second kappa shape index (κ2) is 4.42. The summed E-state index contributed by atoms with van der Waals surface area (Å²) < 4.78 is 14.5. The Balaban J connectivity index is 2.16. The molecule has 0 radical (unpaired) electrons. The molecule has 0 saturated carbocycles. The van der Waals surface area contributed by atoms with Crippen LogP contribution in [0, 0.1) is 0 Å². The molecule has 1 aliphatic rings.